The first-order valence-corrected chi connectivity index (χ1v) is 12.2. The summed E-state index contributed by atoms with van der Waals surface area (Å²) < 4.78 is 5.65. The van der Waals surface area contributed by atoms with Gasteiger partial charge in [-0.3, -0.25) is 14.5 Å². The summed E-state index contributed by atoms with van der Waals surface area (Å²) in [6.45, 7) is 4.17. The van der Waals surface area contributed by atoms with Gasteiger partial charge in [0.15, 0.2) is 0 Å². The highest BCUT2D eigenvalue weighted by atomic mass is 16.5. The number of hydrogen-bond acceptors (Lipinski definition) is 5. The molecule has 2 amide bonds. The molecule has 2 heterocycles. The maximum Gasteiger partial charge on any atom is 0.407 e. The van der Waals surface area contributed by atoms with E-state index in [1.807, 2.05) is 24.3 Å². The number of carbonyl (C=O) groups excluding carboxylic acids is 2. The van der Waals surface area contributed by atoms with Crippen molar-refractivity contribution in [1.82, 2.24) is 15.1 Å². The molecule has 2 fully saturated rings. The third-order valence-electron chi connectivity index (χ3n) is 7.56. The first-order chi connectivity index (χ1) is 16.8. The van der Waals surface area contributed by atoms with Crippen LogP contribution in [-0.2, 0) is 14.3 Å². The Morgan fingerprint density at radius 2 is 1.57 bits per heavy atom. The van der Waals surface area contributed by atoms with Gasteiger partial charge < -0.3 is 20.1 Å². The van der Waals surface area contributed by atoms with Gasteiger partial charge in [0.05, 0.1) is 12.0 Å². The number of likely N-dealkylation sites (tertiary alicyclic amines) is 2. The minimum atomic E-state index is -0.860. The fourth-order valence-corrected chi connectivity index (χ4v) is 5.44. The van der Waals surface area contributed by atoms with E-state index in [0.717, 1.165) is 12.8 Å². The van der Waals surface area contributed by atoms with E-state index in [0.29, 0.717) is 13.1 Å². The smallest absolute Gasteiger partial charge is 0.407 e. The second-order valence-corrected chi connectivity index (χ2v) is 10.1. The van der Waals surface area contributed by atoms with Gasteiger partial charge in [-0.25, -0.2) is 4.79 Å². The molecule has 184 valence electrons. The van der Waals surface area contributed by atoms with Crippen LogP contribution in [0.5, 0.6) is 0 Å². The molecular weight excluding hydrogens is 446 g/mol. The lowest BCUT2D eigenvalue weighted by Crippen LogP contribution is -2.62. The summed E-state index contributed by atoms with van der Waals surface area (Å²) in [4.78, 5) is 39.9. The normalized spacial score (nSPS) is 19.4. The Morgan fingerprint density at radius 1 is 1.00 bits per heavy atom. The maximum absolute atomic E-state index is 12.5. The first-order valence-electron chi connectivity index (χ1n) is 12.2. The molecule has 5 rings (SSSR count). The molecule has 2 aromatic rings. The lowest BCUT2D eigenvalue weighted by molar-refractivity contribution is -0.164. The third kappa shape index (κ3) is 4.62. The monoisotopic (exact) mass is 477 g/mol. The van der Waals surface area contributed by atoms with Crippen LogP contribution in [-0.4, -0.2) is 78.2 Å². The minimum Gasteiger partial charge on any atom is -0.481 e. The molecule has 2 aromatic carbocycles. The van der Waals surface area contributed by atoms with Crippen LogP contribution in [0.25, 0.3) is 11.1 Å². The summed E-state index contributed by atoms with van der Waals surface area (Å²) in [5, 5.41) is 12.2. The SMILES string of the molecule is CC1(C(=O)O)CN(C(=O)CN2CCC(NC(=O)OCC3c4ccccc4-c4ccccc43)CC2)C1. The first kappa shape index (κ1) is 23.4. The summed E-state index contributed by atoms with van der Waals surface area (Å²) in [5.41, 5.74) is 3.95. The van der Waals surface area contributed by atoms with Gasteiger partial charge in [-0.1, -0.05) is 48.5 Å². The molecule has 2 saturated heterocycles. The second-order valence-electron chi connectivity index (χ2n) is 10.1. The quantitative estimate of drug-likeness (QED) is 0.664. The Labute approximate surface area is 204 Å². The standard InChI is InChI=1S/C27H31N3O5/c1-27(25(32)33)16-30(17-27)24(31)14-29-12-10-18(11-13-29)28-26(34)35-15-23-21-8-4-2-6-19(21)20-7-3-5-9-22(20)23/h2-9,18,23H,10-17H2,1H3,(H,28,34)(H,32,33). The van der Waals surface area contributed by atoms with Gasteiger partial charge in [-0.2, -0.15) is 0 Å². The number of alkyl carbamates (subject to hydrolysis) is 1. The van der Waals surface area contributed by atoms with Crippen molar-refractivity contribution in [3.05, 3.63) is 59.7 Å². The minimum absolute atomic E-state index is 0.0105. The van der Waals surface area contributed by atoms with E-state index >= 15 is 0 Å². The number of carboxylic acid groups (broad SMARTS) is 1. The number of piperidine rings is 1. The Morgan fingerprint density at radius 3 is 2.14 bits per heavy atom. The number of amides is 2. The lowest BCUT2D eigenvalue weighted by atomic mass is 9.82. The number of carbonyl (C=O) groups is 3. The van der Waals surface area contributed by atoms with E-state index in [2.05, 4.69) is 34.5 Å². The van der Waals surface area contributed by atoms with Crippen LogP contribution in [0.2, 0.25) is 0 Å². The number of nitrogens with zero attached hydrogens (tertiary/aromatic N) is 2. The van der Waals surface area contributed by atoms with E-state index in [1.165, 1.54) is 22.3 Å². The number of nitrogens with one attached hydrogen (secondary N) is 1. The number of rotatable bonds is 6. The van der Waals surface area contributed by atoms with Gasteiger partial charge in [-0.15, -0.1) is 0 Å². The Balaban J connectivity index is 1.06. The number of benzene rings is 2. The zero-order chi connectivity index (χ0) is 24.6. The molecule has 2 N–H and O–H groups in total. The van der Waals surface area contributed by atoms with Crippen LogP contribution in [0.1, 0.15) is 36.8 Å². The fourth-order valence-electron chi connectivity index (χ4n) is 5.44. The van der Waals surface area contributed by atoms with E-state index in [9.17, 15) is 19.5 Å². The molecule has 1 aliphatic carbocycles. The molecule has 0 spiro atoms. The maximum atomic E-state index is 12.5. The zero-order valence-electron chi connectivity index (χ0n) is 19.9. The number of hydrogen-bond donors (Lipinski definition) is 2. The Bertz CT molecular complexity index is 1090. The van der Waals surface area contributed by atoms with E-state index in [-0.39, 0.29) is 44.1 Å². The molecule has 0 atom stereocenters. The molecule has 0 unspecified atom stereocenters. The molecule has 0 aromatic heterocycles. The van der Waals surface area contributed by atoms with Gasteiger partial charge in [0.1, 0.15) is 6.61 Å². The molecular formula is C27H31N3O5. The molecule has 0 radical (unpaired) electrons. The summed E-state index contributed by atoms with van der Waals surface area (Å²) in [7, 11) is 0. The topological polar surface area (TPSA) is 99.2 Å². The fraction of sp³-hybridized carbons (Fsp3) is 0.444. The summed E-state index contributed by atoms with van der Waals surface area (Å²) in [6.07, 6.45) is 1.07. The van der Waals surface area contributed by atoms with Crippen molar-refractivity contribution < 1.29 is 24.2 Å². The highest BCUT2D eigenvalue weighted by Gasteiger charge is 2.47. The predicted octanol–water partition coefficient (Wildman–Crippen LogP) is 2.92. The zero-order valence-corrected chi connectivity index (χ0v) is 19.9. The Kier molecular flexibility index (Phi) is 6.23. The number of fused-ring (bicyclic) bond motifs is 3. The highest BCUT2D eigenvalue weighted by Crippen LogP contribution is 2.44. The predicted molar refractivity (Wildman–Crippen MR) is 130 cm³/mol. The summed E-state index contributed by atoms with van der Waals surface area (Å²) in [6, 6.07) is 16.5. The van der Waals surface area contributed by atoms with Crippen molar-refractivity contribution >= 4 is 18.0 Å². The van der Waals surface area contributed by atoms with Crippen molar-refractivity contribution in [1.29, 1.82) is 0 Å². The van der Waals surface area contributed by atoms with Crippen molar-refractivity contribution in [2.24, 2.45) is 5.41 Å². The molecule has 2 aliphatic heterocycles. The van der Waals surface area contributed by atoms with Crippen LogP contribution < -0.4 is 5.32 Å². The van der Waals surface area contributed by atoms with E-state index in [1.54, 1.807) is 11.8 Å². The largest absolute Gasteiger partial charge is 0.481 e. The van der Waals surface area contributed by atoms with Gasteiger partial charge in [0.25, 0.3) is 0 Å². The van der Waals surface area contributed by atoms with Crippen LogP contribution in [0.15, 0.2) is 48.5 Å². The average molecular weight is 478 g/mol. The molecule has 3 aliphatic rings. The van der Waals surface area contributed by atoms with Crippen LogP contribution in [0.4, 0.5) is 4.79 Å². The van der Waals surface area contributed by atoms with Gasteiger partial charge in [0, 0.05) is 38.1 Å². The number of carboxylic acids is 1. The van der Waals surface area contributed by atoms with Crippen molar-refractivity contribution in [2.75, 3.05) is 39.3 Å². The van der Waals surface area contributed by atoms with E-state index in [4.69, 9.17) is 4.74 Å². The molecule has 0 bridgehead atoms. The summed E-state index contributed by atoms with van der Waals surface area (Å²) >= 11 is 0. The van der Waals surface area contributed by atoms with Gasteiger partial charge in [-0.05, 0) is 42.0 Å². The average Bonchev–Trinajstić information content (AvgIpc) is 3.15. The second kappa shape index (κ2) is 9.34. The van der Waals surface area contributed by atoms with Crippen molar-refractivity contribution in [2.45, 2.75) is 31.7 Å². The highest BCUT2D eigenvalue weighted by molar-refractivity contribution is 5.84. The molecule has 35 heavy (non-hydrogen) atoms. The van der Waals surface area contributed by atoms with Crippen LogP contribution in [0.3, 0.4) is 0 Å². The molecule has 8 nitrogen and oxygen atoms in total. The van der Waals surface area contributed by atoms with Gasteiger partial charge in [0.2, 0.25) is 5.91 Å². The van der Waals surface area contributed by atoms with Crippen LogP contribution in [0, 0.1) is 5.41 Å². The third-order valence-corrected chi connectivity index (χ3v) is 7.56. The molecule has 8 heteroatoms. The number of ether oxygens (including phenoxy) is 1. The van der Waals surface area contributed by atoms with Crippen molar-refractivity contribution in [3.8, 4) is 11.1 Å². The Hall–Kier alpha value is -3.39. The van der Waals surface area contributed by atoms with Crippen LogP contribution >= 0.6 is 0 Å². The van der Waals surface area contributed by atoms with Gasteiger partial charge >= 0.3 is 12.1 Å². The van der Waals surface area contributed by atoms with Crippen molar-refractivity contribution in [3.63, 3.8) is 0 Å². The van der Waals surface area contributed by atoms with E-state index < -0.39 is 17.5 Å². The number of aliphatic carboxylic acids is 1. The molecule has 0 saturated carbocycles. The lowest BCUT2D eigenvalue weighted by Gasteiger charge is -2.45. The summed E-state index contributed by atoms with van der Waals surface area (Å²) in [5.74, 6) is -0.862.